The van der Waals surface area contributed by atoms with Gasteiger partial charge in [0.15, 0.2) is 11.6 Å². The summed E-state index contributed by atoms with van der Waals surface area (Å²) in [5, 5.41) is 1.85. The molecule has 0 amide bonds. The third kappa shape index (κ3) is 3.34. The molecule has 0 saturated carbocycles. The van der Waals surface area contributed by atoms with Gasteiger partial charge in [-0.05, 0) is 42.2 Å². The molecule has 2 aliphatic rings. The van der Waals surface area contributed by atoms with Crippen molar-refractivity contribution in [3.8, 4) is 0 Å². The van der Waals surface area contributed by atoms with Gasteiger partial charge in [0.25, 0.3) is 0 Å². The summed E-state index contributed by atoms with van der Waals surface area (Å²) >= 11 is 0. The summed E-state index contributed by atoms with van der Waals surface area (Å²) in [5.74, 6) is -0.365. The van der Waals surface area contributed by atoms with Crippen LogP contribution >= 0.6 is 0 Å². The van der Waals surface area contributed by atoms with E-state index < -0.39 is 0 Å². The molecule has 0 aromatic heterocycles. The number of hydrogen-bond donors (Lipinski definition) is 1. The molecule has 136 valence electrons. The lowest BCUT2D eigenvalue weighted by molar-refractivity contribution is -0.113. The van der Waals surface area contributed by atoms with Crippen LogP contribution in [0.15, 0.2) is 58.8 Å². The fraction of sp³-hybridized carbons (Fsp3) is 0.333. The lowest BCUT2D eigenvalue weighted by atomic mass is 9.74. The van der Waals surface area contributed by atoms with Gasteiger partial charge in [-0.25, -0.2) is 4.39 Å². The van der Waals surface area contributed by atoms with E-state index in [1.807, 2.05) is 23.2 Å². The highest BCUT2D eigenvalue weighted by molar-refractivity contribution is 5.98. The van der Waals surface area contributed by atoms with E-state index in [0.717, 1.165) is 5.57 Å². The molecule has 2 bridgehead atoms. The van der Waals surface area contributed by atoms with Crippen molar-refractivity contribution in [3.05, 3.63) is 59.6 Å². The van der Waals surface area contributed by atoms with Crippen LogP contribution in [0, 0.1) is 17.2 Å². The number of hydrazine groups is 1. The lowest BCUT2D eigenvalue weighted by Gasteiger charge is -2.39. The molecule has 5 heteroatoms. The van der Waals surface area contributed by atoms with Crippen molar-refractivity contribution in [1.29, 1.82) is 0 Å². The molecule has 0 spiro atoms. The number of nitrogens with one attached hydrogen (secondary N) is 1. The van der Waals surface area contributed by atoms with Crippen LogP contribution in [0.1, 0.15) is 27.7 Å². The van der Waals surface area contributed by atoms with Crippen LogP contribution in [0.4, 0.5) is 15.8 Å². The average Bonchev–Trinajstić information content (AvgIpc) is 2.57. The van der Waals surface area contributed by atoms with Gasteiger partial charge in [-0.3, -0.25) is 20.2 Å². The summed E-state index contributed by atoms with van der Waals surface area (Å²) in [6, 6.07) is 4.87. The second kappa shape index (κ2) is 6.56. The number of para-hydroxylation sites is 1. The smallest absolute Gasteiger partial charge is 0.161 e. The van der Waals surface area contributed by atoms with E-state index in [9.17, 15) is 9.18 Å². The number of halogens is 1. The highest BCUT2D eigenvalue weighted by Crippen LogP contribution is 2.39. The van der Waals surface area contributed by atoms with E-state index in [1.54, 1.807) is 12.3 Å². The van der Waals surface area contributed by atoms with Crippen molar-refractivity contribution in [1.82, 2.24) is 5.43 Å². The van der Waals surface area contributed by atoms with Crippen LogP contribution in [-0.4, -0.2) is 18.5 Å². The Hall–Kier alpha value is -2.69. The zero-order valence-electron chi connectivity index (χ0n) is 15.6. The van der Waals surface area contributed by atoms with Gasteiger partial charge in [0.2, 0.25) is 0 Å². The Morgan fingerprint density at radius 2 is 2.12 bits per heavy atom. The number of rotatable bonds is 1. The highest BCUT2D eigenvalue weighted by Gasteiger charge is 2.33. The van der Waals surface area contributed by atoms with Crippen molar-refractivity contribution in [2.75, 3.05) is 11.6 Å². The minimum absolute atomic E-state index is 0.0708. The number of hydrogen-bond acceptors (Lipinski definition) is 4. The number of carbonyl (C=O) groups excluding carboxylic acids is 1. The Labute approximate surface area is 153 Å². The molecule has 1 aromatic rings. The Bertz CT molecular complexity index is 858. The summed E-state index contributed by atoms with van der Waals surface area (Å²) in [5.41, 5.74) is 6.00. The van der Waals surface area contributed by atoms with Gasteiger partial charge in [-0.2, -0.15) is 0 Å². The molecular weight excluding hydrogens is 329 g/mol. The summed E-state index contributed by atoms with van der Waals surface area (Å²) < 4.78 is 14.4. The first-order valence-corrected chi connectivity index (χ1v) is 8.67. The van der Waals surface area contributed by atoms with Crippen molar-refractivity contribution in [2.45, 2.75) is 27.7 Å². The van der Waals surface area contributed by atoms with E-state index in [-0.39, 0.29) is 28.6 Å². The Morgan fingerprint density at radius 3 is 2.77 bits per heavy atom. The SMILES string of the molecule is C=C1NN2CC(C(C)(C)C)C(=C\C=N\c3c(F)cccc32)/C=C\1C(C)=O. The standard InChI is InChI=1S/C21H24FN3O/c1-13-16(14(2)26)11-15-9-10-23-20-18(22)7-6-8-19(20)25(24-13)12-17(15)21(3,4)5/h6-11,17,24H,1,12H2,2-5H3/b15-9-,16-11+,23-10+. The van der Waals surface area contributed by atoms with Crippen LogP contribution in [0.25, 0.3) is 0 Å². The Kier molecular flexibility index (Phi) is 4.57. The predicted octanol–water partition coefficient (Wildman–Crippen LogP) is 4.48. The van der Waals surface area contributed by atoms with Gasteiger partial charge in [0, 0.05) is 24.3 Å². The third-order valence-electron chi connectivity index (χ3n) is 4.83. The van der Waals surface area contributed by atoms with Crippen LogP contribution in [0.3, 0.4) is 0 Å². The second-order valence-corrected chi connectivity index (χ2v) is 7.79. The van der Waals surface area contributed by atoms with Gasteiger partial charge in [0.1, 0.15) is 5.69 Å². The molecule has 1 atom stereocenters. The van der Waals surface area contributed by atoms with Crippen molar-refractivity contribution < 1.29 is 9.18 Å². The van der Waals surface area contributed by atoms with E-state index in [2.05, 4.69) is 37.8 Å². The zero-order chi connectivity index (χ0) is 19.1. The number of benzene rings is 1. The molecule has 2 aliphatic heterocycles. The molecule has 26 heavy (non-hydrogen) atoms. The molecule has 1 unspecified atom stereocenters. The zero-order valence-corrected chi connectivity index (χ0v) is 15.6. The van der Waals surface area contributed by atoms with Crippen LogP contribution in [0.2, 0.25) is 0 Å². The fourth-order valence-electron chi connectivity index (χ4n) is 3.37. The molecule has 1 N–H and O–H groups in total. The molecule has 2 heterocycles. The summed E-state index contributed by atoms with van der Waals surface area (Å²) in [6.45, 7) is 12.6. The maximum Gasteiger partial charge on any atom is 0.161 e. The second-order valence-electron chi connectivity index (χ2n) is 7.79. The lowest BCUT2D eigenvalue weighted by Crippen LogP contribution is -2.46. The van der Waals surface area contributed by atoms with Crippen molar-refractivity contribution in [2.24, 2.45) is 16.3 Å². The highest BCUT2D eigenvalue weighted by atomic mass is 19.1. The molecule has 0 fully saturated rings. The maximum absolute atomic E-state index is 14.4. The summed E-state index contributed by atoms with van der Waals surface area (Å²) in [4.78, 5) is 16.5. The third-order valence-corrected chi connectivity index (χ3v) is 4.83. The van der Waals surface area contributed by atoms with Gasteiger partial charge in [0.05, 0.1) is 11.4 Å². The molecule has 0 radical (unpaired) electrons. The minimum atomic E-state index is -0.390. The number of nitrogens with zero attached hydrogens (tertiary/aromatic N) is 2. The van der Waals surface area contributed by atoms with Gasteiger partial charge >= 0.3 is 0 Å². The van der Waals surface area contributed by atoms with Crippen molar-refractivity contribution >= 4 is 23.4 Å². The molecular formula is C21H24FN3O. The van der Waals surface area contributed by atoms with E-state index in [0.29, 0.717) is 23.5 Å². The van der Waals surface area contributed by atoms with Gasteiger partial charge < -0.3 is 0 Å². The van der Waals surface area contributed by atoms with Gasteiger partial charge in [-0.15, -0.1) is 0 Å². The van der Waals surface area contributed by atoms with Crippen LogP contribution in [0.5, 0.6) is 0 Å². The average molecular weight is 353 g/mol. The number of Topliss-reactive ketones (excluding diaryl/α,β-unsaturated/α-hetero) is 1. The van der Waals surface area contributed by atoms with Crippen LogP contribution in [-0.2, 0) is 4.79 Å². The van der Waals surface area contributed by atoms with Crippen LogP contribution < -0.4 is 10.4 Å². The summed E-state index contributed by atoms with van der Waals surface area (Å²) in [6.07, 6.45) is 5.36. The maximum atomic E-state index is 14.4. The normalized spacial score (nSPS) is 25.2. The quantitative estimate of drug-likeness (QED) is 0.809. The number of carbonyl (C=O) groups is 1. The molecule has 0 aliphatic carbocycles. The van der Waals surface area contributed by atoms with E-state index in [1.165, 1.54) is 13.0 Å². The molecule has 0 saturated heterocycles. The van der Waals surface area contributed by atoms with E-state index in [4.69, 9.17) is 0 Å². The molecule has 1 aromatic carbocycles. The molecule has 4 nitrogen and oxygen atoms in total. The Morgan fingerprint density at radius 1 is 1.38 bits per heavy atom. The first-order chi connectivity index (χ1) is 12.2. The predicted molar refractivity (Wildman–Crippen MR) is 104 cm³/mol. The number of aliphatic imine (C=N–C) groups is 1. The number of allylic oxidation sites excluding steroid dienone is 3. The number of ketones is 1. The largest absolute Gasteiger partial charge is 0.298 e. The topological polar surface area (TPSA) is 44.7 Å². The van der Waals surface area contributed by atoms with Gasteiger partial charge in [-0.1, -0.05) is 33.4 Å². The first kappa shape index (κ1) is 18.1. The fourth-order valence-corrected chi connectivity index (χ4v) is 3.37. The minimum Gasteiger partial charge on any atom is -0.298 e. The van der Waals surface area contributed by atoms with Crippen molar-refractivity contribution in [3.63, 3.8) is 0 Å². The summed E-state index contributed by atoms with van der Waals surface area (Å²) in [7, 11) is 0. The Balaban J connectivity index is 2.28. The monoisotopic (exact) mass is 353 g/mol. The number of anilines is 1. The molecule has 3 rings (SSSR count). The number of fused-ring (bicyclic) bond motifs is 5. The first-order valence-electron chi connectivity index (χ1n) is 8.67. The van der Waals surface area contributed by atoms with E-state index >= 15 is 0 Å².